The molecule has 0 aromatic heterocycles. The predicted octanol–water partition coefficient (Wildman–Crippen LogP) is 2.81. The van der Waals surface area contributed by atoms with Crippen LogP contribution in [0.3, 0.4) is 0 Å². The smallest absolute Gasteiger partial charge is 0.256 e. The molecule has 2 aromatic carbocycles. The fourth-order valence-corrected chi connectivity index (χ4v) is 1.79. The van der Waals surface area contributed by atoms with Crippen LogP contribution < -0.4 is 16.6 Å². The van der Waals surface area contributed by atoms with Crippen LogP contribution in [-0.2, 0) is 0 Å². The average Bonchev–Trinajstić information content (AvgIpc) is 2.41. The molecule has 6 heteroatoms. The van der Waals surface area contributed by atoms with Crippen LogP contribution in [0, 0.1) is 18.6 Å². The fraction of sp³-hybridized carbons (Fsp3) is 0.0714. The maximum atomic E-state index is 13.5. The van der Waals surface area contributed by atoms with Gasteiger partial charge < -0.3 is 10.7 Å². The Labute approximate surface area is 114 Å². The molecule has 0 atom stereocenters. The molecule has 0 heterocycles. The molecule has 20 heavy (non-hydrogen) atoms. The number of nitrogen functional groups attached to an aromatic ring is 1. The van der Waals surface area contributed by atoms with E-state index in [0.717, 1.165) is 6.07 Å². The molecule has 4 N–H and O–H groups in total. The zero-order chi connectivity index (χ0) is 14.7. The highest BCUT2D eigenvalue weighted by molar-refractivity contribution is 6.05. The summed E-state index contributed by atoms with van der Waals surface area (Å²) in [6.45, 7) is 1.73. The molecule has 1 amide bonds. The molecule has 0 fully saturated rings. The minimum absolute atomic E-state index is 0.0724. The highest BCUT2D eigenvalue weighted by atomic mass is 19.1. The standard InChI is InChI=1S/C14H13F2N3O/c1-8-6-10(19-17)3-4-11(8)14(20)18-13-5-2-9(15)7-12(13)16/h2-7,19H,17H2,1H3,(H,18,20). The van der Waals surface area contributed by atoms with E-state index in [2.05, 4.69) is 10.7 Å². The second-order valence-corrected chi connectivity index (χ2v) is 4.25. The SMILES string of the molecule is Cc1cc(NN)ccc1C(=O)Nc1ccc(F)cc1F. The zero-order valence-corrected chi connectivity index (χ0v) is 10.7. The Morgan fingerprint density at radius 3 is 2.50 bits per heavy atom. The lowest BCUT2D eigenvalue weighted by Crippen LogP contribution is -2.15. The van der Waals surface area contributed by atoms with Crippen LogP contribution in [0.4, 0.5) is 20.2 Å². The molecule has 0 aliphatic rings. The monoisotopic (exact) mass is 277 g/mol. The zero-order valence-electron chi connectivity index (χ0n) is 10.7. The second kappa shape index (κ2) is 5.66. The Morgan fingerprint density at radius 1 is 1.15 bits per heavy atom. The van der Waals surface area contributed by atoms with Crippen LogP contribution in [0.15, 0.2) is 36.4 Å². The number of nitrogens with one attached hydrogen (secondary N) is 2. The van der Waals surface area contributed by atoms with E-state index in [9.17, 15) is 13.6 Å². The Balaban J connectivity index is 2.24. The lowest BCUT2D eigenvalue weighted by molar-refractivity contribution is 0.102. The van der Waals surface area contributed by atoms with Gasteiger partial charge in [0.25, 0.3) is 5.91 Å². The van der Waals surface area contributed by atoms with Gasteiger partial charge in [0.05, 0.1) is 5.69 Å². The van der Waals surface area contributed by atoms with Gasteiger partial charge in [0, 0.05) is 17.3 Å². The third-order valence-corrected chi connectivity index (χ3v) is 2.82. The second-order valence-electron chi connectivity index (χ2n) is 4.25. The van der Waals surface area contributed by atoms with Crippen LogP contribution in [0.1, 0.15) is 15.9 Å². The van der Waals surface area contributed by atoms with E-state index in [4.69, 9.17) is 5.84 Å². The molecule has 0 saturated carbocycles. The fourth-order valence-electron chi connectivity index (χ4n) is 1.79. The first-order valence-corrected chi connectivity index (χ1v) is 5.85. The predicted molar refractivity (Wildman–Crippen MR) is 73.3 cm³/mol. The summed E-state index contributed by atoms with van der Waals surface area (Å²) in [7, 11) is 0. The minimum Gasteiger partial charge on any atom is -0.324 e. The summed E-state index contributed by atoms with van der Waals surface area (Å²) in [5.74, 6) is 3.27. The Bertz CT molecular complexity index is 659. The highest BCUT2D eigenvalue weighted by Gasteiger charge is 2.12. The molecule has 2 aromatic rings. The van der Waals surface area contributed by atoms with Crippen molar-refractivity contribution < 1.29 is 13.6 Å². The van der Waals surface area contributed by atoms with Gasteiger partial charge in [-0.2, -0.15) is 0 Å². The summed E-state index contributed by atoms with van der Waals surface area (Å²) >= 11 is 0. The van der Waals surface area contributed by atoms with Crippen molar-refractivity contribution in [3.05, 3.63) is 59.2 Å². The summed E-state index contributed by atoms with van der Waals surface area (Å²) in [4.78, 5) is 12.0. The van der Waals surface area contributed by atoms with E-state index in [1.54, 1.807) is 25.1 Å². The molecule has 4 nitrogen and oxygen atoms in total. The van der Waals surface area contributed by atoms with Crippen LogP contribution in [0.2, 0.25) is 0 Å². The number of hydrogen-bond donors (Lipinski definition) is 3. The number of aryl methyl sites for hydroxylation is 1. The summed E-state index contributed by atoms with van der Waals surface area (Å²) in [6.07, 6.45) is 0. The Hall–Kier alpha value is -2.47. The van der Waals surface area contributed by atoms with Crippen molar-refractivity contribution in [1.29, 1.82) is 0 Å². The summed E-state index contributed by atoms with van der Waals surface area (Å²) in [5.41, 5.74) is 4.12. The maximum absolute atomic E-state index is 13.5. The number of nitrogens with two attached hydrogens (primary N) is 1. The molecule has 104 valence electrons. The molecule has 0 saturated heterocycles. The van der Waals surface area contributed by atoms with Gasteiger partial charge in [-0.25, -0.2) is 8.78 Å². The summed E-state index contributed by atoms with van der Waals surface area (Å²) in [5, 5.41) is 2.40. The summed E-state index contributed by atoms with van der Waals surface area (Å²) < 4.78 is 26.2. The van der Waals surface area contributed by atoms with E-state index >= 15 is 0 Å². The van der Waals surface area contributed by atoms with Gasteiger partial charge in [-0.1, -0.05) is 0 Å². The van der Waals surface area contributed by atoms with E-state index in [-0.39, 0.29) is 5.69 Å². The lowest BCUT2D eigenvalue weighted by atomic mass is 10.1. The molecule has 0 aliphatic heterocycles. The van der Waals surface area contributed by atoms with Crippen LogP contribution in [-0.4, -0.2) is 5.91 Å². The van der Waals surface area contributed by atoms with Crippen molar-refractivity contribution in [2.24, 2.45) is 5.84 Å². The number of anilines is 2. The summed E-state index contributed by atoms with van der Waals surface area (Å²) in [6, 6.07) is 7.85. The average molecular weight is 277 g/mol. The van der Waals surface area contributed by atoms with Gasteiger partial charge in [-0.3, -0.25) is 10.6 Å². The number of carbonyl (C=O) groups is 1. The first-order chi connectivity index (χ1) is 9.51. The van der Waals surface area contributed by atoms with Crippen molar-refractivity contribution in [3.63, 3.8) is 0 Å². The molecule has 2 rings (SSSR count). The van der Waals surface area contributed by atoms with Gasteiger partial charge in [-0.05, 0) is 42.8 Å². The third kappa shape index (κ3) is 2.92. The number of rotatable bonds is 3. The van der Waals surface area contributed by atoms with E-state index in [1.165, 1.54) is 6.07 Å². The molecule has 0 spiro atoms. The maximum Gasteiger partial charge on any atom is 0.256 e. The van der Waals surface area contributed by atoms with Crippen LogP contribution >= 0.6 is 0 Å². The third-order valence-electron chi connectivity index (χ3n) is 2.82. The molecule has 0 bridgehead atoms. The van der Waals surface area contributed by atoms with Crippen LogP contribution in [0.5, 0.6) is 0 Å². The lowest BCUT2D eigenvalue weighted by Gasteiger charge is -2.10. The van der Waals surface area contributed by atoms with Gasteiger partial charge >= 0.3 is 0 Å². The van der Waals surface area contributed by atoms with Gasteiger partial charge in [0.1, 0.15) is 11.6 Å². The topological polar surface area (TPSA) is 67.1 Å². The van der Waals surface area contributed by atoms with E-state index < -0.39 is 17.5 Å². The minimum atomic E-state index is -0.823. The number of halogens is 2. The van der Waals surface area contributed by atoms with E-state index in [1.807, 2.05) is 0 Å². The Morgan fingerprint density at radius 2 is 1.90 bits per heavy atom. The van der Waals surface area contributed by atoms with Gasteiger partial charge in [0.15, 0.2) is 0 Å². The van der Waals surface area contributed by atoms with Crippen molar-refractivity contribution in [2.45, 2.75) is 6.92 Å². The molecule has 0 unspecified atom stereocenters. The molecule has 0 radical (unpaired) electrons. The van der Waals surface area contributed by atoms with E-state index in [0.29, 0.717) is 22.9 Å². The Kier molecular flexibility index (Phi) is 3.95. The van der Waals surface area contributed by atoms with Gasteiger partial charge in [0.2, 0.25) is 0 Å². The quantitative estimate of drug-likeness (QED) is 0.597. The van der Waals surface area contributed by atoms with Crippen molar-refractivity contribution in [2.75, 3.05) is 10.7 Å². The van der Waals surface area contributed by atoms with Gasteiger partial charge in [-0.15, -0.1) is 0 Å². The first-order valence-electron chi connectivity index (χ1n) is 5.85. The van der Waals surface area contributed by atoms with Crippen LogP contribution in [0.25, 0.3) is 0 Å². The first kappa shape index (κ1) is 14.0. The molecular formula is C14H13F2N3O. The van der Waals surface area contributed by atoms with Crippen molar-refractivity contribution in [1.82, 2.24) is 0 Å². The number of hydrogen-bond acceptors (Lipinski definition) is 3. The van der Waals surface area contributed by atoms with Crippen molar-refractivity contribution in [3.8, 4) is 0 Å². The van der Waals surface area contributed by atoms with Crippen molar-refractivity contribution >= 4 is 17.3 Å². The number of hydrazine groups is 1. The number of amides is 1. The largest absolute Gasteiger partial charge is 0.324 e. The highest BCUT2D eigenvalue weighted by Crippen LogP contribution is 2.19. The molecular weight excluding hydrogens is 264 g/mol. The normalized spacial score (nSPS) is 10.2. The number of carbonyl (C=O) groups excluding carboxylic acids is 1. The molecule has 0 aliphatic carbocycles. The number of benzene rings is 2.